The molecule has 2 N–H and O–H groups in total. The molecule has 4 aromatic rings. The fourth-order valence-corrected chi connectivity index (χ4v) is 6.41. The Labute approximate surface area is 265 Å². The number of nitrogens with zero attached hydrogens (tertiary/aromatic N) is 1. The summed E-state index contributed by atoms with van der Waals surface area (Å²) in [5.74, 6) is 0.334. The van der Waals surface area contributed by atoms with E-state index >= 15 is 0 Å². The topological polar surface area (TPSA) is 105 Å². The molecule has 0 spiro atoms. The fraction of sp³-hybridized carbons (Fsp3) is 0.278. The normalized spacial score (nSPS) is 13.5. The van der Waals surface area contributed by atoms with Crippen LogP contribution < -0.4 is 14.8 Å². The first-order chi connectivity index (χ1) is 21.8. The maximum Gasteiger partial charge on any atom is 0.243 e. The third-order valence-electron chi connectivity index (χ3n) is 7.85. The summed E-state index contributed by atoms with van der Waals surface area (Å²) in [6.07, 6.45) is 2.66. The van der Waals surface area contributed by atoms with E-state index in [1.54, 1.807) is 36.3 Å². The van der Waals surface area contributed by atoms with Crippen LogP contribution in [-0.4, -0.2) is 44.3 Å². The smallest absolute Gasteiger partial charge is 0.243 e. The first kappa shape index (κ1) is 31.9. The van der Waals surface area contributed by atoms with Gasteiger partial charge in [0.25, 0.3) is 0 Å². The van der Waals surface area contributed by atoms with Crippen LogP contribution in [0.3, 0.4) is 0 Å². The Morgan fingerprint density at radius 1 is 0.800 bits per heavy atom. The molecule has 8 nitrogen and oxygen atoms in total. The van der Waals surface area contributed by atoms with Crippen LogP contribution in [0.25, 0.3) is 0 Å². The van der Waals surface area contributed by atoms with Gasteiger partial charge in [-0.1, -0.05) is 84.9 Å². The average molecular weight is 626 g/mol. The SMILES string of the molecule is COc1ccc(CNC(=O)[C@H](Cc2ccccc2)N(Cc2ccccc2)C(=O)CCc2ccc(S(=O)(=O)NC3CC3)cc2)cc1. The minimum Gasteiger partial charge on any atom is -0.497 e. The second-order valence-electron chi connectivity index (χ2n) is 11.3. The highest BCUT2D eigenvalue weighted by molar-refractivity contribution is 7.89. The predicted octanol–water partition coefficient (Wildman–Crippen LogP) is 5.03. The van der Waals surface area contributed by atoms with Crippen LogP contribution in [0.4, 0.5) is 0 Å². The number of aryl methyl sites for hydroxylation is 1. The van der Waals surface area contributed by atoms with Gasteiger partial charge in [0, 0.05) is 32.0 Å². The Hall–Kier alpha value is -4.47. The van der Waals surface area contributed by atoms with Crippen LogP contribution in [0, 0.1) is 0 Å². The van der Waals surface area contributed by atoms with Gasteiger partial charge in [-0.3, -0.25) is 9.59 Å². The number of sulfonamides is 1. The van der Waals surface area contributed by atoms with Gasteiger partial charge in [0.2, 0.25) is 21.8 Å². The minimum atomic E-state index is -3.55. The van der Waals surface area contributed by atoms with E-state index in [1.165, 1.54) is 0 Å². The van der Waals surface area contributed by atoms with E-state index < -0.39 is 16.1 Å². The molecule has 0 radical (unpaired) electrons. The van der Waals surface area contributed by atoms with E-state index in [-0.39, 0.29) is 35.7 Å². The first-order valence-corrected chi connectivity index (χ1v) is 16.7. The Morgan fingerprint density at radius 2 is 1.40 bits per heavy atom. The fourth-order valence-electron chi connectivity index (χ4n) is 5.10. The summed E-state index contributed by atoms with van der Waals surface area (Å²) in [4.78, 5) is 29.7. The van der Waals surface area contributed by atoms with Gasteiger partial charge < -0.3 is 15.0 Å². The standard InChI is InChI=1S/C36H39N3O5S/c1-44-32-19-12-29(13-20-32)25-37-36(41)34(24-28-8-4-2-5-9-28)39(26-30-10-6-3-7-11-30)35(40)23-16-27-14-21-33(22-15-27)45(42,43)38-31-17-18-31/h2-15,19-22,31,34,38H,16-18,23-26H2,1H3,(H,37,41)/t34-/m0/s1. The monoisotopic (exact) mass is 625 g/mol. The number of ether oxygens (including phenoxy) is 1. The van der Waals surface area contributed by atoms with Crippen LogP contribution in [0.5, 0.6) is 5.75 Å². The maximum atomic E-state index is 14.0. The number of rotatable bonds is 15. The molecule has 1 saturated carbocycles. The van der Waals surface area contributed by atoms with Crippen LogP contribution in [0.2, 0.25) is 0 Å². The molecule has 45 heavy (non-hydrogen) atoms. The molecule has 0 bridgehead atoms. The lowest BCUT2D eigenvalue weighted by atomic mass is 10.0. The molecule has 1 atom stereocenters. The van der Waals surface area contributed by atoms with E-state index in [1.807, 2.05) is 84.9 Å². The highest BCUT2D eigenvalue weighted by atomic mass is 32.2. The molecular weight excluding hydrogens is 586 g/mol. The summed E-state index contributed by atoms with van der Waals surface area (Å²) < 4.78 is 33.1. The Morgan fingerprint density at radius 3 is 2.00 bits per heavy atom. The van der Waals surface area contributed by atoms with Crippen molar-refractivity contribution in [2.75, 3.05) is 7.11 Å². The van der Waals surface area contributed by atoms with Gasteiger partial charge in [-0.15, -0.1) is 0 Å². The van der Waals surface area contributed by atoms with E-state index in [4.69, 9.17) is 4.74 Å². The van der Waals surface area contributed by atoms with Crippen molar-refractivity contribution in [2.24, 2.45) is 0 Å². The second kappa shape index (κ2) is 15.0. The molecule has 0 unspecified atom stereocenters. The Balaban J connectivity index is 1.34. The molecule has 2 amide bonds. The quantitative estimate of drug-likeness (QED) is 0.193. The maximum absolute atomic E-state index is 14.0. The predicted molar refractivity (Wildman–Crippen MR) is 174 cm³/mol. The molecule has 0 saturated heterocycles. The molecule has 0 heterocycles. The molecule has 1 aliphatic carbocycles. The molecule has 1 fully saturated rings. The number of methoxy groups -OCH3 is 1. The number of hydrogen-bond donors (Lipinski definition) is 2. The van der Waals surface area contributed by atoms with Crippen molar-refractivity contribution in [3.05, 3.63) is 131 Å². The van der Waals surface area contributed by atoms with Crippen LogP contribution >= 0.6 is 0 Å². The number of amides is 2. The summed E-state index contributed by atoms with van der Waals surface area (Å²) in [7, 11) is -1.94. The van der Waals surface area contributed by atoms with Crippen molar-refractivity contribution in [3.63, 3.8) is 0 Å². The lowest BCUT2D eigenvalue weighted by molar-refractivity contribution is -0.141. The van der Waals surface area contributed by atoms with Gasteiger partial charge in [-0.2, -0.15) is 0 Å². The van der Waals surface area contributed by atoms with Gasteiger partial charge in [0.1, 0.15) is 11.8 Å². The number of nitrogens with one attached hydrogen (secondary N) is 2. The molecule has 9 heteroatoms. The summed E-state index contributed by atoms with van der Waals surface area (Å²) in [5.41, 5.74) is 3.63. The zero-order valence-corrected chi connectivity index (χ0v) is 26.2. The van der Waals surface area contributed by atoms with Gasteiger partial charge in [-0.25, -0.2) is 13.1 Å². The Bertz CT molecular complexity index is 1660. The number of carbonyl (C=O) groups is 2. The molecule has 0 aromatic heterocycles. The number of carbonyl (C=O) groups excluding carboxylic acids is 2. The highest BCUT2D eigenvalue weighted by Crippen LogP contribution is 2.23. The first-order valence-electron chi connectivity index (χ1n) is 15.2. The molecule has 1 aliphatic rings. The second-order valence-corrected chi connectivity index (χ2v) is 13.0. The molecular formula is C36H39N3O5S. The van der Waals surface area contributed by atoms with Crippen molar-refractivity contribution >= 4 is 21.8 Å². The van der Waals surface area contributed by atoms with Crippen LogP contribution in [0.15, 0.2) is 114 Å². The molecule has 5 rings (SSSR count). The van der Waals surface area contributed by atoms with E-state index in [9.17, 15) is 18.0 Å². The Kier molecular flexibility index (Phi) is 10.7. The lowest BCUT2D eigenvalue weighted by Gasteiger charge is -2.31. The summed E-state index contributed by atoms with van der Waals surface area (Å²) >= 11 is 0. The van der Waals surface area contributed by atoms with Crippen molar-refractivity contribution < 1.29 is 22.7 Å². The lowest BCUT2D eigenvalue weighted by Crippen LogP contribution is -2.50. The zero-order chi connectivity index (χ0) is 31.6. The van der Waals surface area contributed by atoms with Crippen LogP contribution in [0.1, 0.15) is 41.5 Å². The summed E-state index contributed by atoms with van der Waals surface area (Å²) in [5, 5.41) is 3.05. The van der Waals surface area contributed by atoms with Crippen molar-refractivity contribution in [1.29, 1.82) is 0 Å². The minimum absolute atomic E-state index is 0.0279. The highest BCUT2D eigenvalue weighted by Gasteiger charge is 2.31. The van der Waals surface area contributed by atoms with Crippen LogP contribution in [-0.2, 0) is 45.5 Å². The summed E-state index contributed by atoms with van der Waals surface area (Å²) in [6, 6.07) is 32.8. The number of benzene rings is 4. The molecule has 0 aliphatic heterocycles. The van der Waals surface area contributed by atoms with E-state index in [0.717, 1.165) is 40.8 Å². The number of hydrogen-bond acceptors (Lipinski definition) is 5. The van der Waals surface area contributed by atoms with Crippen molar-refractivity contribution in [1.82, 2.24) is 14.9 Å². The van der Waals surface area contributed by atoms with Gasteiger partial charge >= 0.3 is 0 Å². The third-order valence-corrected chi connectivity index (χ3v) is 9.39. The summed E-state index contributed by atoms with van der Waals surface area (Å²) in [6.45, 7) is 0.587. The molecule has 234 valence electrons. The van der Waals surface area contributed by atoms with Crippen molar-refractivity contribution in [2.45, 2.75) is 62.2 Å². The average Bonchev–Trinajstić information content (AvgIpc) is 3.89. The zero-order valence-electron chi connectivity index (χ0n) is 25.4. The van der Waals surface area contributed by atoms with Gasteiger partial charge in [0.05, 0.1) is 12.0 Å². The van der Waals surface area contributed by atoms with E-state index in [2.05, 4.69) is 10.0 Å². The third kappa shape index (κ3) is 9.26. The van der Waals surface area contributed by atoms with Gasteiger partial charge in [0.15, 0.2) is 0 Å². The van der Waals surface area contributed by atoms with Crippen molar-refractivity contribution in [3.8, 4) is 5.75 Å². The van der Waals surface area contributed by atoms with Gasteiger partial charge in [-0.05, 0) is 65.8 Å². The largest absolute Gasteiger partial charge is 0.497 e. The van der Waals surface area contributed by atoms with E-state index in [0.29, 0.717) is 19.4 Å². The molecule has 4 aromatic carbocycles.